The van der Waals surface area contributed by atoms with Gasteiger partial charge in [-0.25, -0.2) is 9.78 Å². The quantitative estimate of drug-likeness (QED) is 0.428. The average molecular weight is 465 g/mol. The van der Waals surface area contributed by atoms with Crippen molar-refractivity contribution in [2.24, 2.45) is 5.92 Å². The van der Waals surface area contributed by atoms with Crippen molar-refractivity contribution in [3.05, 3.63) is 53.9 Å². The Hall–Kier alpha value is -3.19. The fraction of sp³-hybridized carbons (Fsp3) is 0.346. The van der Waals surface area contributed by atoms with Crippen molar-refractivity contribution in [1.82, 2.24) is 4.98 Å². The van der Waals surface area contributed by atoms with Crippen LogP contribution in [0.3, 0.4) is 0 Å². The summed E-state index contributed by atoms with van der Waals surface area (Å²) in [5.74, 6) is 0.133. The van der Waals surface area contributed by atoms with Gasteiger partial charge in [0.1, 0.15) is 16.8 Å². The van der Waals surface area contributed by atoms with E-state index in [1.807, 2.05) is 74.7 Å². The van der Waals surface area contributed by atoms with E-state index in [4.69, 9.17) is 14.5 Å². The van der Waals surface area contributed by atoms with Crippen LogP contribution in [0.15, 0.2) is 53.9 Å². The van der Waals surface area contributed by atoms with Crippen molar-refractivity contribution in [1.29, 1.82) is 0 Å². The molecule has 0 N–H and O–H groups in total. The smallest absolute Gasteiger partial charge is 0.329 e. The molecule has 33 heavy (non-hydrogen) atoms. The van der Waals surface area contributed by atoms with Crippen LogP contribution in [0.1, 0.15) is 34.1 Å². The largest absolute Gasteiger partial charge is 0.479 e. The van der Waals surface area contributed by atoms with Crippen molar-refractivity contribution < 1.29 is 19.1 Å². The maximum Gasteiger partial charge on any atom is 0.329 e. The monoisotopic (exact) mass is 464 g/mol. The Bertz CT molecular complexity index is 1140. The molecule has 0 radical (unpaired) electrons. The lowest BCUT2D eigenvalue weighted by Gasteiger charge is -2.37. The molecular formula is C26H28N2O4S. The summed E-state index contributed by atoms with van der Waals surface area (Å²) in [5.41, 5.74) is 3.29. The predicted octanol–water partition coefficient (Wildman–Crippen LogP) is 5.57. The minimum Gasteiger partial charge on any atom is -0.479 e. The molecule has 2 unspecified atom stereocenters. The number of aromatic nitrogens is 1. The van der Waals surface area contributed by atoms with E-state index in [1.54, 1.807) is 23.2 Å². The summed E-state index contributed by atoms with van der Waals surface area (Å²) in [6.45, 7) is 7.86. The van der Waals surface area contributed by atoms with E-state index in [9.17, 15) is 9.59 Å². The van der Waals surface area contributed by atoms with Crippen molar-refractivity contribution in [2.45, 2.75) is 46.3 Å². The zero-order valence-electron chi connectivity index (χ0n) is 19.3. The minimum absolute atomic E-state index is 0.216. The van der Waals surface area contributed by atoms with Gasteiger partial charge in [0.15, 0.2) is 6.10 Å². The van der Waals surface area contributed by atoms with Gasteiger partial charge in [0.25, 0.3) is 5.91 Å². The number of rotatable bonds is 7. The lowest BCUT2D eigenvalue weighted by atomic mass is 10.0. The zero-order valence-corrected chi connectivity index (χ0v) is 20.1. The number of ether oxygens (including phenoxy) is 2. The third-order valence-electron chi connectivity index (χ3n) is 5.46. The van der Waals surface area contributed by atoms with Crippen molar-refractivity contribution in [3.8, 4) is 27.6 Å². The Kier molecular flexibility index (Phi) is 6.79. The molecule has 3 aromatic rings. The minimum atomic E-state index is -0.716. The molecule has 6 nitrogen and oxygen atoms in total. The van der Waals surface area contributed by atoms with Gasteiger partial charge in [-0.15, -0.1) is 11.3 Å². The van der Waals surface area contributed by atoms with Crippen LogP contribution in [0.4, 0.5) is 5.69 Å². The van der Waals surface area contributed by atoms with Crippen LogP contribution in [0, 0.1) is 5.92 Å². The van der Waals surface area contributed by atoms with Crippen LogP contribution >= 0.6 is 11.3 Å². The first kappa shape index (κ1) is 23.0. The molecule has 0 saturated carbocycles. The normalized spacial score (nSPS) is 16.3. The SMILES string of the molecule is CCC(C(=O)OCC(C)C)N1C(=O)C(C)Oc2ccc(-c3csc(-c4ccccc4)n3)cc21. The number of anilines is 1. The van der Waals surface area contributed by atoms with Crippen LogP contribution in [0.25, 0.3) is 21.8 Å². The molecule has 0 saturated heterocycles. The summed E-state index contributed by atoms with van der Waals surface area (Å²) in [6.07, 6.45) is -0.243. The second-order valence-electron chi connectivity index (χ2n) is 8.50. The van der Waals surface area contributed by atoms with Gasteiger partial charge < -0.3 is 9.47 Å². The lowest BCUT2D eigenvalue weighted by Crippen LogP contribution is -2.53. The second kappa shape index (κ2) is 9.75. The Morgan fingerprint density at radius 1 is 1.18 bits per heavy atom. The summed E-state index contributed by atoms with van der Waals surface area (Å²) < 4.78 is 11.3. The van der Waals surface area contributed by atoms with E-state index in [-0.39, 0.29) is 11.8 Å². The molecule has 2 atom stereocenters. The van der Waals surface area contributed by atoms with E-state index < -0.39 is 18.1 Å². The fourth-order valence-corrected chi connectivity index (χ4v) is 4.60. The predicted molar refractivity (Wildman–Crippen MR) is 130 cm³/mol. The molecule has 7 heteroatoms. The van der Waals surface area contributed by atoms with E-state index in [0.717, 1.165) is 21.8 Å². The standard InChI is InChI=1S/C26H28N2O4S/c1-5-21(26(30)31-14-16(2)3)28-22-13-19(11-12-23(22)32-17(4)25(28)29)20-15-33-24(27-20)18-9-7-6-8-10-18/h6-13,15-17,21H,5,14H2,1-4H3. The maximum atomic E-state index is 13.1. The highest BCUT2D eigenvalue weighted by Gasteiger charge is 2.39. The molecule has 0 fully saturated rings. The van der Waals surface area contributed by atoms with Gasteiger partial charge in [0.05, 0.1) is 18.0 Å². The topological polar surface area (TPSA) is 68.7 Å². The number of fused-ring (bicyclic) bond motifs is 1. The molecule has 172 valence electrons. The fourth-order valence-electron chi connectivity index (χ4n) is 3.76. The molecule has 1 aromatic heterocycles. The molecule has 0 aliphatic carbocycles. The summed E-state index contributed by atoms with van der Waals surface area (Å²) in [5, 5.41) is 2.92. The highest BCUT2D eigenvalue weighted by Crippen LogP contribution is 2.40. The first-order valence-corrected chi connectivity index (χ1v) is 12.1. The Balaban J connectivity index is 1.70. The molecule has 1 amide bonds. The van der Waals surface area contributed by atoms with Crippen LogP contribution in [-0.2, 0) is 14.3 Å². The number of nitrogens with zero attached hydrogens (tertiary/aromatic N) is 2. The number of esters is 1. The molecule has 1 aliphatic heterocycles. The number of hydrogen-bond donors (Lipinski definition) is 0. The van der Waals surface area contributed by atoms with E-state index in [0.29, 0.717) is 24.5 Å². The highest BCUT2D eigenvalue weighted by molar-refractivity contribution is 7.13. The van der Waals surface area contributed by atoms with E-state index in [2.05, 4.69) is 0 Å². The average Bonchev–Trinajstić information content (AvgIpc) is 3.31. The zero-order chi connectivity index (χ0) is 23.5. The van der Waals surface area contributed by atoms with Gasteiger partial charge in [0.2, 0.25) is 0 Å². The molecule has 4 rings (SSSR count). The summed E-state index contributed by atoms with van der Waals surface area (Å²) in [7, 11) is 0. The van der Waals surface area contributed by atoms with Crippen molar-refractivity contribution in [3.63, 3.8) is 0 Å². The van der Waals surface area contributed by atoms with Gasteiger partial charge >= 0.3 is 5.97 Å². The van der Waals surface area contributed by atoms with Crippen LogP contribution in [0.5, 0.6) is 5.75 Å². The molecule has 2 aromatic carbocycles. The Morgan fingerprint density at radius 2 is 1.94 bits per heavy atom. The summed E-state index contributed by atoms with van der Waals surface area (Å²) in [4.78, 5) is 32.4. The molecule has 0 spiro atoms. The van der Waals surface area contributed by atoms with Crippen molar-refractivity contribution >= 4 is 28.9 Å². The summed E-state index contributed by atoms with van der Waals surface area (Å²) in [6, 6.07) is 14.9. The summed E-state index contributed by atoms with van der Waals surface area (Å²) >= 11 is 1.56. The van der Waals surface area contributed by atoms with Crippen LogP contribution in [0.2, 0.25) is 0 Å². The number of amides is 1. The van der Waals surface area contributed by atoms with Gasteiger partial charge in [-0.1, -0.05) is 51.1 Å². The first-order valence-electron chi connectivity index (χ1n) is 11.2. The second-order valence-corrected chi connectivity index (χ2v) is 9.36. The molecular weight excluding hydrogens is 436 g/mol. The maximum absolute atomic E-state index is 13.1. The Morgan fingerprint density at radius 3 is 2.64 bits per heavy atom. The van der Waals surface area contributed by atoms with Crippen LogP contribution in [-0.4, -0.2) is 35.6 Å². The van der Waals surface area contributed by atoms with Crippen LogP contribution < -0.4 is 9.64 Å². The molecule has 1 aliphatic rings. The molecule has 2 heterocycles. The number of carbonyl (C=O) groups excluding carboxylic acids is 2. The van der Waals surface area contributed by atoms with E-state index in [1.165, 1.54) is 0 Å². The van der Waals surface area contributed by atoms with E-state index >= 15 is 0 Å². The lowest BCUT2D eigenvalue weighted by molar-refractivity contribution is -0.148. The van der Waals surface area contributed by atoms with Gasteiger partial charge in [0, 0.05) is 16.5 Å². The third kappa shape index (κ3) is 4.78. The number of benzene rings is 2. The van der Waals surface area contributed by atoms with Gasteiger partial charge in [-0.3, -0.25) is 9.69 Å². The Labute approximate surface area is 198 Å². The van der Waals surface area contributed by atoms with Gasteiger partial charge in [-0.2, -0.15) is 0 Å². The number of carbonyl (C=O) groups is 2. The third-order valence-corrected chi connectivity index (χ3v) is 6.35. The number of hydrogen-bond acceptors (Lipinski definition) is 6. The molecule has 0 bridgehead atoms. The highest BCUT2D eigenvalue weighted by atomic mass is 32.1. The first-order chi connectivity index (χ1) is 15.9. The van der Waals surface area contributed by atoms with Crippen molar-refractivity contribution in [2.75, 3.05) is 11.5 Å². The number of thiazole rings is 1. The van der Waals surface area contributed by atoms with Gasteiger partial charge in [-0.05, 0) is 37.5 Å².